The van der Waals surface area contributed by atoms with Crippen molar-refractivity contribution in [3.05, 3.63) is 48.0 Å². The molecule has 0 bridgehead atoms. The zero-order chi connectivity index (χ0) is 22.7. The van der Waals surface area contributed by atoms with E-state index >= 15 is 0 Å². The Kier molecular flexibility index (Phi) is 7.01. The number of pyridine rings is 1. The van der Waals surface area contributed by atoms with E-state index in [-0.39, 0.29) is 11.4 Å². The lowest BCUT2D eigenvalue weighted by Crippen LogP contribution is -2.52. The van der Waals surface area contributed by atoms with Crippen molar-refractivity contribution in [2.24, 2.45) is 0 Å². The van der Waals surface area contributed by atoms with Gasteiger partial charge in [-0.1, -0.05) is 0 Å². The minimum Gasteiger partial charge on any atom is -0.472 e. The molecule has 1 aromatic heterocycles. The largest absolute Gasteiger partial charge is 0.472 e. The summed E-state index contributed by atoms with van der Waals surface area (Å²) in [7, 11) is 0.383. The molecule has 0 unspecified atom stereocenters. The van der Waals surface area contributed by atoms with E-state index in [0.29, 0.717) is 5.69 Å². The number of nitrogens with zero attached hydrogens (tertiary/aromatic N) is 3. The number of benzene rings is 1. The van der Waals surface area contributed by atoms with Crippen LogP contribution in [0.2, 0.25) is 0 Å². The van der Waals surface area contributed by atoms with Crippen molar-refractivity contribution in [3.63, 3.8) is 0 Å². The molecule has 30 heavy (non-hydrogen) atoms. The Morgan fingerprint density at radius 2 is 1.73 bits per heavy atom. The van der Waals surface area contributed by atoms with Gasteiger partial charge in [-0.3, -0.25) is 4.98 Å². The summed E-state index contributed by atoms with van der Waals surface area (Å²) in [6, 6.07) is 6.45. The Labute approximate surface area is 176 Å². The van der Waals surface area contributed by atoms with Crippen LogP contribution in [0.15, 0.2) is 36.5 Å². The monoisotopic (exact) mass is 439 g/mol. The molecule has 2 N–H and O–H groups in total. The number of aromatic nitrogens is 1. The molecule has 1 aromatic carbocycles. The van der Waals surface area contributed by atoms with Gasteiger partial charge in [-0.2, -0.15) is 17.0 Å². The van der Waals surface area contributed by atoms with Gasteiger partial charge >= 0.3 is 6.03 Å². The Morgan fingerprint density at radius 3 is 2.30 bits per heavy atom. The van der Waals surface area contributed by atoms with Gasteiger partial charge in [0.15, 0.2) is 5.72 Å². The summed E-state index contributed by atoms with van der Waals surface area (Å²) in [5.74, 6) is -0.609. The van der Waals surface area contributed by atoms with Crippen LogP contribution in [0.25, 0.3) is 0 Å². The highest BCUT2D eigenvalue weighted by Crippen LogP contribution is 2.27. The Hall–Kier alpha value is -2.76. The van der Waals surface area contributed by atoms with Crippen LogP contribution < -0.4 is 15.4 Å². The number of aryl methyl sites for hydroxylation is 1. The highest BCUT2D eigenvalue weighted by atomic mass is 32.2. The minimum atomic E-state index is -3.77. The van der Waals surface area contributed by atoms with E-state index in [4.69, 9.17) is 4.74 Å². The first-order valence-electron chi connectivity index (χ1n) is 8.98. The molecule has 0 aliphatic carbocycles. The molecule has 0 fully saturated rings. The van der Waals surface area contributed by atoms with E-state index in [2.05, 4.69) is 15.6 Å². The van der Waals surface area contributed by atoms with Gasteiger partial charge in [0.25, 0.3) is 10.2 Å². The second kappa shape index (κ2) is 8.94. The van der Waals surface area contributed by atoms with Crippen molar-refractivity contribution in [1.29, 1.82) is 0 Å². The standard InChI is InChI=1S/C19H26FN5O4S/c1-13-7-8-15(12-21-13)22-18(26)23-16-9-14(20)10-17(11-16)29-19(2,3)25(6)30(27,28)24(4)5/h7-12H,1-6H3,(H2,22,23,26). The van der Waals surface area contributed by atoms with Crippen LogP contribution in [-0.2, 0) is 10.2 Å². The fourth-order valence-electron chi connectivity index (χ4n) is 2.40. The van der Waals surface area contributed by atoms with E-state index in [1.54, 1.807) is 12.1 Å². The summed E-state index contributed by atoms with van der Waals surface area (Å²) in [6.07, 6.45) is 1.50. The summed E-state index contributed by atoms with van der Waals surface area (Å²) in [5.41, 5.74) is 0.0835. The van der Waals surface area contributed by atoms with Crippen LogP contribution in [0.4, 0.5) is 20.6 Å². The molecule has 2 rings (SSSR count). The average molecular weight is 440 g/mol. The Bertz CT molecular complexity index is 1010. The molecule has 9 nitrogen and oxygen atoms in total. The molecule has 0 atom stereocenters. The minimum absolute atomic E-state index is 0.0492. The summed E-state index contributed by atoms with van der Waals surface area (Å²) in [4.78, 5) is 16.3. The highest BCUT2D eigenvalue weighted by Gasteiger charge is 2.36. The SMILES string of the molecule is Cc1ccc(NC(=O)Nc2cc(F)cc(OC(C)(C)N(C)S(=O)(=O)N(C)C)c2)cn1. The zero-order valence-electron chi connectivity index (χ0n) is 17.7. The van der Waals surface area contributed by atoms with E-state index < -0.39 is 27.8 Å². The van der Waals surface area contributed by atoms with Crippen molar-refractivity contribution in [2.45, 2.75) is 26.5 Å². The molecule has 0 saturated carbocycles. The van der Waals surface area contributed by atoms with Crippen molar-refractivity contribution in [1.82, 2.24) is 13.6 Å². The molecule has 0 aliphatic heterocycles. The summed E-state index contributed by atoms with van der Waals surface area (Å²) >= 11 is 0. The number of carbonyl (C=O) groups is 1. The average Bonchev–Trinajstić information content (AvgIpc) is 2.61. The van der Waals surface area contributed by atoms with E-state index in [0.717, 1.165) is 26.4 Å². The van der Waals surface area contributed by atoms with Gasteiger partial charge in [0, 0.05) is 44.7 Å². The number of rotatable bonds is 7. The molecule has 164 valence electrons. The third-order valence-corrected chi connectivity index (χ3v) is 6.29. The molecule has 0 saturated heterocycles. The number of carbonyl (C=O) groups excluding carboxylic acids is 1. The molecule has 0 aliphatic rings. The quantitative estimate of drug-likeness (QED) is 0.646. The second-order valence-corrected chi connectivity index (χ2v) is 9.42. The van der Waals surface area contributed by atoms with Crippen LogP contribution in [0.1, 0.15) is 19.5 Å². The second-order valence-electron chi connectivity index (χ2n) is 7.25. The van der Waals surface area contributed by atoms with Crippen LogP contribution in [0.3, 0.4) is 0 Å². The number of ether oxygens (including phenoxy) is 1. The molecular formula is C19H26FN5O4S. The molecule has 2 aromatic rings. The smallest absolute Gasteiger partial charge is 0.323 e. The number of hydrogen-bond donors (Lipinski definition) is 2. The van der Waals surface area contributed by atoms with Gasteiger partial charge in [0.05, 0.1) is 11.9 Å². The maximum Gasteiger partial charge on any atom is 0.323 e. The van der Waals surface area contributed by atoms with Crippen molar-refractivity contribution in [2.75, 3.05) is 31.8 Å². The first kappa shape index (κ1) is 23.5. The van der Waals surface area contributed by atoms with Gasteiger partial charge < -0.3 is 15.4 Å². The van der Waals surface area contributed by atoms with Gasteiger partial charge in [-0.15, -0.1) is 0 Å². The number of amides is 2. The summed E-state index contributed by atoms with van der Waals surface area (Å²) in [5, 5.41) is 5.10. The van der Waals surface area contributed by atoms with Gasteiger partial charge in [0.2, 0.25) is 0 Å². The lowest BCUT2D eigenvalue weighted by atomic mass is 10.2. The van der Waals surface area contributed by atoms with Crippen LogP contribution >= 0.6 is 0 Å². The molecule has 0 radical (unpaired) electrons. The van der Waals surface area contributed by atoms with E-state index in [9.17, 15) is 17.6 Å². The highest BCUT2D eigenvalue weighted by molar-refractivity contribution is 7.86. The van der Waals surface area contributed by atoms with Crippen LogP contribution in [0, 0.1) is 12.7 Å². The Morgan fingerprint density at radius 1 is 1.10 bits per heavy atom. The van der Waals surface area contributed by atoms with Crippen LogP contribution in [0.5, 0.6) is 5.75 Å². The molecule has 11 heteroatoms. The first-order valence-corrected chi connectivity index (χ1v) is 10.4. The molecule has 2 amide bonds. The Balaban J connectivity index is 2.16. The van der Waals surface area contributed by atoms with Crippen molar-refractivity contribution >= 4 is 27.6 Å². The summed E-state index contributed by atoms with van der Waals surface area (Å²) < 4.78 is 46.6. The predicted octanol–water partition coefficient (Wildman–Crippen LogP) is 3.03. The number of anilines is 2. The normalized spacial score (nSPS) is 12.2. The molecule has 1 heterocycles. The predicted molar refractivity (Wildman–Crippen MR) is 113 cm³/mol. The van der Waals surface area contributed by atoms with Crippen molar-refractivity contribution < 1.29 is 22.3 Å². The maximum absolute atomic E-state index is 14.1. The number of urea groups is 1. The number of nitrogens with one attached hydrogen (secondary N) is 2. The lowest BCUT2D eigenvalue weighted by Gasteiger charge is -2.36. The fourth-order valence-corrected chi connectivity index (χ4v) is 3.49. The topological polar surface area (TPSA) is 104 Å². The zero-order valence-corrected chi connectivity index (χ0v) is 18.5. The molecule has 0 spiro atoms. The van der Waals surface area contributed by atoms with Gasteiger partial charge in [-0.25, -0.2) is 9.18 Å². The summed E-state index contributed by atoms with van der Waals surface area (Å²) in [6.45, 7) is 4.88. The maximum atomic E-state index is 14.1. The van der Waals surface area contributed by atoms with Crippen LogP contribution in [-0.4, -0.2) is 54.9 Å². The number of hydrogen-bond acceptors (Lipinski definition) is 5. The van der Waals surface area contributed by atoms with E-state index in [1.807, 2.05) is 6.92 Å². The molecular weight excluding hydrogens is 413 g/mol. The van der Waals surface area contributed by atoms with Gasteiger partial charge in [0.1, 0.15) is 11.6 Å². The van der Waals surface area contributed by atoms with Gasteiger partial charge in [-0.05, 0) is 39.0 Å². The third kappa shape index (κ3) is 5.88. The van der Waals surface area contributed by atoms with E-state index in [1.165, 1.54) is 47.3 Å². The van der Waals surface area contributed by atoms with Crippen molar-refractivity contribution in [3.8, 4) is 5.75 Å². The lowest BCUT2D eigenvalue weighted by molar-refractivity contribution is 0.00969. The fraction of sp³-hybridized carbons (Fsp3) is 0.368. The third-order valence-electron chi connectivity index (χ3n) is 4.23. The first-order chi connectivity index (χ1) is 13.8. The number of halogens is 1.